The van der Waals surface area contributed by atoms with Gasteiger partial charge in [0.2, 0.25) is 0 Å². The maximum Gasteiger partial charge on any atom is 0.330 e. The van der Waals surface area contributed by atoms with Crippen LogP contribution in [-0.2, 0) is 9.53 Å². The molecule has 0 saturated carbocycles. The second kappa shape index (κ2) is 5.09. The van der Waals surface area contributed by atoms with Gasteiger partial charge in [0.05, 0.1) is 6.61 Å². The molecule has 6 N–H and O–H groups in total. The van der Waals surface area contributed by atoms with Crippen LogP contribution in [0.3, 0.4) is 0 Å². The largest absolute Gasteiger partial charge is 0.462 e. The predicted octanol–water partition coefficient (Wildman–Crippen LogP) is -0.338. The summed E-state index contributed by atoms with van der Waals surface area (Å²) in [5.41, 5.74) is 16.5. The summed E-state index contributed by atoms with van der Waals surface area (Å²) < 4.78 is 4.89. The molecule has 0 bridgehead atoms. The van der Waals surface area contributed by atoms with Gasteiger partial charge in [0, 0.05) is 6.08 Å². The molecule has 0 heterocycles. The predicted molar refractivity (Wildman–Crippen MR) is 54.8 cm³/mol. The van der Waals surface area contributed by atoms with Gasteiger partial charge in [0.1, 0.15) is 5.79 Å². The third kappa shape index (κ3) is 5.69. The van der Waals surface area contributed by atoms with Crippen molar-refractivity contribution in [3.05, 3.63) is 11.6 Å². The number of carbonyl (C=O) groups is 1. The Hall–Kier alpha value is -0.910. The van der Waals surface area contributed by atoms with Gasteiger partial charge in [-0.05, 0) is 18.4 Å². The first-order chi connectivity index (χ1) is 6.23. The summed E-state index contributed by atoms with van der Waals surface area (Å²) in [6, 6.07) is 0. The molecule has 0 aromatic carbocycles. The van der Waals surface area contributed by atoms with E-state index in [1.165, 1.54) is 6.08 Å². The quantitative estimate of drug-likeness (QED) is 0.328. The number of ether oxygens (including phenoxy) is 1. The average Bonchev–Trinajstić information content (AvgIpc) is 1.99. The van der Waals surface area contributed by atoms with E-state index < -0.39 is 11.8 Å². The van der Waals surface area contributed by atoms with Gasteiger partial charge in [-0.25, -0.2) is 4.79 Å². The Morgan fingerprint density at radius 2 is 1.93 bits per heavy atom. The molecule has 0 aliphatic heterocycles. The molecule has 14 heavy (non-hydrogen) atoms. The van der Waals surface area contributed by atoms with Crippen LogP contribution in [0.5, 0.6) is 0 Å². The van der Waals surface area contributed by atoms with Gasteiger partial charge in [-0.1, -0.05) is 13.8 Å². The maximum atomic E-state index is 11.1. The van der Waals surface area contributed by atoms with Gasteiger partial charge < -0.3 is 4.74 Å². The molecule has 0 rings (SSSR count). The lowest BCUT2D eigenvalue weighted by molar-refractivity contribution is -0.138. The third-order valence-corrected chi connectivity index (χ3v) is 1.58. The van der Waals surface area contributed by atoms with Crippen molar-refractivity contribution in [2.75, 3.05) is 6.61 Å². The fraction of sp³-hybridized carbons (Fsp3) is 0.667. The van der Waals surface area contributed by atoms with Gasteiger partial charge in [-0.15, -0.1) is 0 Å². The van der Waals surface area contributed by atoms with Gasteiger partial charge in [0.25, 0.3) is 0 Å². The van der Waals surface area contributed by atoms with Crippen molar-refractivity contribution >= 4 is 5.97 Å². The Bertz CT molecular complexity index is 229. The van der Waals surface area contributed by atoms with Crippen molar-refractivity contribution in [2.24, 2.45) is 23.1 Å². The van der Waals surface area contributed by atoms with E-state index in [4.69, 9.17) is 21.9 Å². The number of hydrogen-bond donors (Lipinski definition) is 3. The van der Waals surface area contributed by atoms with Gasteiger partial charge in [-0.3, -0.25) is 17.2 Å². The number of rotatable bonds is 4. The summed E-state index contributed by atoms with van der Waals surface area (Å²) in [5, 5.41) is 0. The van der Waals surface area contributed by atoms with Crippen LogP contribution >= 0.6 is 0 Å². The highest BCUT2D eigenvalue weighted by Gasteiger charge is 2.15. The van der Waals surface area contributed by atoms with Crippen molar-refractivity contribution in [1.29, 1.82) is 0 Å². The fourth-order valence-electron chi connectivity index (χ4n) is 0.592. The second-order valence-electron chi connectivity index (χ2n) is 3.78. The van der Waals surface area contributed by atoms with Crippen LogP contribution in [0.4, 0.5) is 0 Å². The lowest BCUT2D eigenvalue weighted by atomic mass is 10.1. The highest BCUT2D eigenvalue weighted by molar-refractivity contribution is 5.83. The number of esters is 1. The van der Waals surface area contributed by atoms with E-state index in [9.17, 15) is 4.79 Å². The van der Waals surface area contributed by atoms with Crippen LogP contribution in [0, 0.1) is 5.92 Å². The van der Waals surface area contributed by atoms with Gasteiger partial charge in [-0.2, -0.15) is 0 Å². The Morgan fingerprint density at radius 1 is 1.43 bits per heavy atom. The second-order valence-corrected chi connectivity index (χ2v) is 3.78. The zero-order valence-corrected chi connectivity index (χ0v) is 8.91. The summed E-state index contributed by atoms with van der Waals surface area (Å²) in [5.74, 6) is -1.63. The van der Waals surface area contributed by atoms with Gasteiger partial charge in [0.15, 0.2) is 0 Å². The normalized spacial score (nSPS) is 13.2. The zero-order chi connectivity index (χ0) is 11.4. The highest BCUT2D eigenvalue weighted by atomic mass is 16.5. The fourth-order valence-corrected chi connectivity index (χ4v) is 0.592. The van der Waals surface area contributed by atoms with Crippen LogP contribution in [0.2, 0.25) is 0 Å². The minimum atomic E-state index is -1.46. The van der Waals surface area contributed by atoms with E-state index in [1.54, 1.807) is 6.92 Å². The van der Waals surface area contributed by atoms with Crippen molar-refractivity contribution in [3.8, 4) is 0 Å². The number of hydrogen-bond acceptors (Lipinski definition) is 5. The topological polar surface area (TPSA) is 104 Å². The van der Waals surface area contributed by atoms with Crippen molar-refractivity contribution in [2.45, 2.75) is 26.6 Å². The average molecular weight is 201 g/mol. The zero-order valence-electron chi connectivity index (χ0n) is 8.91. The molecule has 0 aliphatic carbocycles. The van der Waals surface area contributed by atoms with E-state index in [2.05, 4.69) is 0 Å². The molecule has 0 atom stereocenters. The smallest absolute Gasteiger partial charge is 0.330 e. The Kier molecular flexibility index (Phi) is 4.76. The first-order valence-electron chi connectivity index (χ1n) is 4.45. The van der Waals surface area contributed by atoms with Crippen LogP contribution in [0.25, 0.3) is 0 Å². The molecule has 0 spiro atoms. The van der Waals surface area contributed by atoms with Crippen LogP contribution in [0.1, 0.15) is 20.8 Å². The molecule has 0 saturated heterocycles. The summed E-state index contributed by atoms with van der Waals surface area (Å²) in [6.45, 7) is 5.85. The Morgan fingerprint density at radius 3 is 2.29 bits per heavy atom. The van der Waals surface area contributed by atoms with Crippen molar-refractivity contribution in [3.63, 3.8) is 0 Å². The van der Waals surface area contributed by atoms with Gasteiger partial charge >= 0.3 is 5.97 Å². The molecule has 5 heteroatoms. The van der Waals surface area contributed by atoms with E-state index in [0.29, 0.717) is 18.1 Å². The molecule has 0 aromatic heterocycles. The lowest BCUT2D eigenvalue weighted by Gasteiger charge is -2.19. The molecule has 82 valence electrons. The summed E-state index contributed by atoms with van der Waals surface area (Å²) in [6.07, 6.45) is 1.21. The maximum absolute atomic E-state index is 11.1. The molecule has 0 aliphatic rings. The Balaban J connectivity index is 4.17. The van der Waals surface area contributed by atoms with E-state index >= 15 is 0 Å². The minimum Gasteiger partial charge on any atom is -0.462 e. The van der Waals surface area contributed by atoms with Crippen LogP contribution in [0.15, 0.2) is 11.6 Å². The molecular formula is C9H19N3O2. The number of nitrogens with two attached hydrogens (primary N) is 3. The van der Waals surface area contributed by atoms with Crippen LogP contribution < -0.4 is 17.2 Å². The molecule has 0 aromatic rings. The molecule has 0 fully saturated rings. The SMILES string of the molecule is C/C(=C\C(=O)OCC(C)C)C(N)(N)N. The lowest BCUT2D eigenvalue weighted by Crippen LogP contribution is -2.58. The monoisotopic (exact) mass is 201 g/mol. The summed E-state index contributed by atoms with van der Waals surface area (Å²) in [4.78, 5) is 11.1. The standard InChI is InChI=1S/C9H19N3O2/c1-6(2)5-14-8(13)4-7(3)9(10,11)12/h4,6H,5,10-12H2,1-3H3/b7-4+. The molecule has 0 amide bonds. The first-order valence-corrected chi connectivity index (χ1v) is 4.45. The molecule has 0 unspecified atom stereocenters. The highest BCUT2D eigenvalue weighted by Crippen LogP contribution is 2.01. The van der Waals surface area contributed by atoms with Crippen LogP contribution in [-0.4, -0.2) is 18.4 Å². The molecular weight excluding hydrogens is 182 g/mol. The third-order valence-electron chi connectivity index (χ3n) is 1.58. The Labute approximate surface area is 84.3 Å². The van der Waals surface area contributed by atoms with Crippen molar-refractivity contribution < 1.29 is 9.53 Å². The molecule has 5 nitrogen and oxygen atoms in total. The summed E-state index contributed by atoms with van der Waals surface area (Å²) in [7, 11) is 0. The van der Waals surface area contributed by atoms with E-state index in [-0.39, 0.29) is 0 Å². The van der Waals surface area contributed by atoms with E-state index in [1.807, 2.05) is 13.8 Å². The number of carbonyl (C=O) groups excluding carboxylic acids is 1. The van der Waals surface area contributed by atoms with E-state index in [0.717, 1.165) is 0 Å². The van der Waals surface area contributed by atoms with Crippen molar-refractivity contribution in [1.82, 2.24) is 0 Å². The first kappa shape index (κ1) is 13.1. The molecule has 0 radical (unpaired) electrons. The summed E-state index contributed by atoms with van der Waals surface area (Å²) >= 11 is 0. The minimum absolute atomic E-state index is 0.297.